The lowest BCUT2D eigenvalue weighted by molar-refractivity contribution is -0.142. The first kappa shape index (κ1) is 54.8. The maximum atomic E-state index is 14.4. The molecule has 366 valence electrons. The van der Waals surface area contributed by atoms with Gasteiger partial charge in [-0.1, -0.05) is 41.9 Å². The summed E-state index contributed by atoms with van der Waals surface area (Å²) in [5.74, 6) is -10.1. The Kier molecular flexibility index (Phi) is 22.6. The number of hydrogen-bond acceptors (Lipinski definition) is 16. The van der Waals surface area contributed by atoms with Crippen molar-refractivity contribution < 1.29 is 52.7 Å². The van der Waals surface area contributed by atoms with Gasteiger partial charge in [-0.25, -0.2) is 0 Å². The minimum atomic E-state index is -1.74. The number of likely N-dealkylation sites (tertiary alicyclic amines) is 1. The zero-order chi connectivity index (χ0) is 49.1. The Morgan fingerprint density at radius 1 is 0.833 bits per heavy atom. The number of carbonyl (C=O) groups excluding carboxylic acids is 11. The number of nitrogens with two attached hydrogens (primary N) is 5. The molecule has 24 nitrogen and oxygen atoms in total. The molecule has 3 heterocycles. The van der Waals surface area contributed by atoms with Crippen LogP contribution in [0.1, 0.15) is 64.4 Å². The van der Waals surface area contributed by atoms with Gasteiger partial charge in [0.2, 0.25) is 65.0 Å². The SMILES string of the molecule is CC[C@H](C)[C@@H]1NC(=O)[C@H](Cc2ccsc2)NC(=O)[C@@H](N)CSSC[C@@H](C(=O)N2CCC[C@H]2C(=O)N[C@@H](CCN)C(=O)NCC(N)=O)NC(=O)[C@H](CC(N)=O)NC(=O)[C@H](CCC(N)=O)NC1=O. The average Bonchev–Trinajstić information content (AvgIpc) is 3.98. The lowest BCUT2D eigenvalue weighted by Crippen LogP contribution is -2.61. The zero-order valence-corrected chi connectivity index (χ0v) is 39.1. The molecule has 17 N–H and O–H groups in total. The molecule has 1 aromatic rings. The third kappa shape index (κ3) is 17.4. The topological polar surface area (TPSA) is 405 Å². The monoisotopic (exact) mass is 983 g/mol. The van der Waals surface area contributed by atoms with Gasteiger partial charge in [-0.3, -0.25) is 52.7 Å². The van der Waals surface area contributed by atoms with Crippen LogP contribution < -0.4 is 65.9 Å². The molecule has 66 heavy (non-hydrogen) atoms. The molecule has 2 aliphatic rings. The van der Waals surface area contributed by atoms with Gasteiger partial charge >= 0.3 is 0 Å². The Morgan fingerprint density at radius 2 is 1.48 bits per heavy atom. The fourth-order valence-corrected chi connectivity index (χ4v) is 9.81. The second-order valence-corrected chi connectivity index (χ2v) is 19.1. The van der Waals surface area contributed by atoms with Crippen LogP contribution in [-0.2, 0) is 59.2 Å². The summed E-state index contributed by atoms with van der Waals surface area (Å²) < 4.78 is 0. The second kappa shape index (κ2) is 27.2. The van der Waals surface area contributed by atoms with Crippen molar-refractivity contribution >= 4 is 97.9 Å². The highest BCUT2D eigenvalue weighted by molar-refractivity contribution is 8.76. The summed E-state index contributed by atoms with van der Waals surface area (Å²) in [5.41, 5.74) is 28.7. The summed E-state index contributed by atoms with van der Waals surface area (Å²) in [5, 5.41) is 21.3. The quantitative estimate of drug-likeness (QED) is 0.0651. The van der Waals surface area contributed by atoms with E-state index in [1.807, 2.05) is 0 Å². The van der Waals surface area contributed by atoms with Crippen LogP contribution >= 0.6 is 32.9 Å². The van der Waals surface area contributed by atoms with Crippen LogP contribution in [0.4, 0.5) is 0 Å². The predicted molar refractivity (Wildman–Crippen MR) is 245 cm³/mol. The highest BCUT2D eigenvalue weighted by Crippen LogP contribution is 2.26. The third-order valence-electron chi connectivity index (χ3n) is 10.7. The summed E-state index contributed by atoms with van der Waals surface area (Å²) in [6.45, 7) is 2.95. The number of carbonyl (C=O) groups is 11. The zero-order valence-electron chi connectivity index (χ0n) is 36.7. The van der Waals surface area contributed by atoms with Crippen LogP contribution in [-0.4, -0.2) is 149 Å². The molecule has 0 radical (unpaired) electrons. The van der Waals surface area contributed by atoms with Gasteiger partial charge in [0.25, 0.3) is 0 Å². The summed E-state index contributed by atoms with van der Waals surface area (Å²) in [7, 11) is 2.07. The molecular weight excluding hydrogens is 923 g/mol. The minimum absolute atomic E-state index is 0.0232. The Balaban J connectivity index is 2.03. The van der Waals surface area contributed by atoms with Gasteiger partial charge in [-0.05, 0) is 60.5 Å². The van der Waals surface area contributed by atoms with E-state index in [0.717, 1.165) is 21.6 Å². The molecule has 0 bridgehead atoms. The fraction of sp³-hybridized carbons (Fsp3) is 0.615. The molecule has 2 saturated heterocycles. The van der Waals surface area contributed by atoms with E-state index in [1.54, 1.807) is 30.7 Å². The molecule has 27 heteroatoms. The number of nitrogens with one attached hydrogen (secondary N) is 7. The first-order valence-electron chi connectivity index (χ1n) is 21.2. The maximum Gasteiger partial charge on any atom is 0.246 e. The summed E-state index contributed by atoms with van der Waals surface area (Å²) in [4.78, 5) is 147. The van der Waals surface area contributed by atoms with Crippen molar-refractivity contribution in [1.82, 2.24) is 42.1 Å². The Labute approximate surface area is 393 Å². The smallest absolute Gasteiger partial charge is 0.246 e. The molecule has 9 atom stereocenters. The van der Waals surface area contributed by atoms with Gasteiger partial charge in [-0.15, -0.1) is 0 Å². The van der Waals surface area contributed by atoms with Crippen LogP contribution in [0.25, 0.3) is 0 Å². The number of rotatable bonds is 17. The van der Waals surface area contributed by atoms with Crippen molar-refractivity contribution in [3.8, 4) is 0 Å². The molecule has 2 aliphatic heterocycles. The van der Waals surface area contributed by atoms with Crippen molar-refractivity contribution in [2.75, 3.05) is 31.1 Å². The van der Waals surface area contributed by atoms with E-state index in [2.05, 4.69) is 37.2 Å². The number of hydrogen-bond donors (Lipinski definition) is 12. The van der Waals surface area contributed by atoms with E-state index >= 15 is 0 Å². The van der Waals surface area contributed by atoms with Gasteiger partial charge < -0.3 is 70.8 Å². The molecule has 0 spiro atoms. The molecule has 0 unspecified atom stereocenters. The van der Waals surface area contributed by atoms with Crippen molar-refractivity contribution in [1.29, 1.82) is 0 Å². The molecule has 11 amide bonds. The molecule has 0 aliphatic carbocycles. The van der Waals surface area contributed by atoms with Crippen LogP contribution in [0.15, 0.2) is 16.8 Å². The van der Waals surface area contributed by atoms with Crippen molar-refractivity contribution in [3.05, 3.63) is 22.4 Å². The van der Waals surface area contributed by atoms with Gasteiger partial charge in [0.05, 0.1) is 19.0 Å². The highest BCUT2D eigenvalue weighted by Gasteiger charge is 2.41. The standard InChI is InChI=1S/C39H61N13O11S3/c1-3-19(2)31-38(62)47-22(6-7-28(42)53)34(58)49-25(14-29(43)54)35(59)50-26(18-66-65-17-21(41)32(56)48-24(36(60)51-31)13-20-9-12-64-16-20)39(63)52-11-4-5-27(52)37(61)46-23(8-10-40)33(57)45-15-30(44)55/h9,12,16,19,21-27,31H,3-8,10-11,13-15,17-18,40-41H2,1-2H3,(H2,42,53)(H2,43,54)(H2,44,55)(H,45,57)(H,46,61)(H,47,62)(H,48,56)(H,49,58)(H,50,59)(H,51,60)/t19-,21-,22-,23-,24-,25-,26-,27-,31-/m0/s1. The van der Waals surface area contributed by atoms with Crippen molar-refractivity contribution in [3.63, 3.8) is 0 Å². The van der Waals surface area contributed by atoms with E-state index in [1.165, 1.54) is 16.2 Å². The number of nitrogens with zero attached hydrogens (tertiary/aromatic N) is 1. The molecule has 1 aromatic heterocycles. The molecular formula is C39H61N13O11S3. The van der Waals surface area contributed by atoms with Crippen molar-refractivity contribution in [2.45, 2.75) is 114 Å². The highest BCUT2D eigenvalue weighted by atomic mass is 33.1. The summed E-state index contributed by atoms with van der Waals surface area (Å²) >= 11 is 1.37. The number of thiophene rings is 1. The van der Waals surface area contributed by atoms with Crippen LogP contribution in [0.3, 0.4) is 0 Å². The van der Waals surface area contributed by atoms with E-state index in [-0.39, 0.29) is 50.3 Å². The van der Waals surface area contributed by atoms with E-state index in [4.69, 9.17) is 28.7 Å². The lowest BCUT2D eigenvalue weighted by Gasteiger charge is -2.31. The van der Waals surface area contributed by atoms with Crippen molar-refractivity contribution in [2.24, 2.45) is 34.6 Å². The average molecular weight is 984 g/mol. The van der Waals surface area contributed by atoms with E-state index < -0.39 is 139 Å². The Hall–Kier alpha value is -5.51. The van der Waals surface area contributed by atoms with Gasteiger partial charge in [-0.2, -0.15) is 11.3 Å². The predicted octanol–water partition coefficient (Wildman–Crippen LogP) is -4.95. The summed E-state index contributed by atoms with van der Waals surface area (Å²) in [6.07, 6.45) is -0.701. The number of primary amides is 3. The van der Waals surface area contributed by atoms with Crippen LogP contribution in [0, 0.1) is 5.92 Å². The lowest BCUT2D eigenvalue weighted by atomic mass is 9.96. The maximum absolute atomic E-state index is 14.4. The largest absolute Gasteiger partial charge is 0.370 e. The number of amides is 11. The Bertz CT molecular complexity index is 1930. The minimum Gasteiger partial charge on any atom is -0.370 e. The van der Waals surface area contributed by atoms with Crippen LogP contribution in [0.5, 0.6) is 0 Å². The molecule has 2 fully saturated rings. The Morgan fingerprint density at radius 3 is 2.11 bits per heavy atom. The van der Waals surface area contributed by atoms with Gasteiger partial charge in [0, 0.05) is 30.9 Å². The molecule has 0 saturated carbocycles. The van der Waals surface area contributed by atoms with E-state index in [0.29, 0.717) is 18.4 Å². The molecule has 0 aromatic carbocycles. The first-order valence-corrected chi connectivity index (χ1v) is 24.7. The van der Waals surface area contributed by atoms with E-state index in [9.17, 15) is 52.7 Å². The fourth-order valence-electron chi connectivity index (χ4n) is 6.85. The summed E-state index contributed by atoms with van der Waals surface area (Å²) in [6, 6.07) is -9.00. The third-order valence-corrected chi connectivity index (χ3v) is 13.9. The van der Waals surface area contributed by atoms with Gasteiger partial charge in [0.15, 0.2) is 0 Å². The van der Waals surface area contributed by atoms with Gasteiger partial charge in [0.1, 0.15) is 42.3 Å². The normalized spacial score (nSPS) is 24.8. The molecule has 3 rings (SSSR count). The van der Waals surface area contributed by atoms with Crippen LogP contribution in [0.2, 0.25) is 0 Å². The first-order chi connectivity index (χ1) is 31.2. The second-order valence-electron chi connectivity index (χ2n) is 15.8.